The first-order valence-electron chi connectivity index (χ1n) is 14.1. The average Bonchev–Trinajstić information content (AvgIpc) is 3.39. The molecule has 2 aromatic heterocycles. The largest absolute Gasteiger partial charge is 0.494 e. The van der Waals surface area contributed by atoms with Crippen molar-refractivity contribution in [2.75, 3.05) is 53.2 Å². The molecule has 10 nitrogen and oxygen atoms in total. The number of methoxy groups -OCH3 is 1. The Morgan fingerprint density at radius 1 is 1.12 bits per heavy atom. The molecule has 2 aromatic carbocycles. The minimum Gasteiger partial charge on any atom is -0.494 e. The van der Waals surface area contributed by atoms with E-state index in [-0.39, 0.29) is 29.2 Å². The molecule has 1 atom stereocenters. The third-order valence-corrected chi connectivity index (χ3v) is 7.42. The minimum atomic E-state index is -1.07. The molecule has 1 fully saturated rings. The van der Waals surface area contributed by atoms with E-state index in [4.69, 9.17) is 4.74 Å². The van der Waals surface area contributed by atoms with Gasteiger partial charge in [-0.15, -0.1) is 0 Å². The van der Waals surface area contributed by atoms with E-state index < -0.39 is 11.6 Å². The number of likely N-dealkylation sites (tertiary alicyclic amines) is 1. The number of benzene rings is 2. The number of fused-ring (bicyclic) bond motifs is 1. The number of halogens is 2. The molecule has 0 aliphatic carbocycles. The second-order valence-corrected chi connectivity index (χ2v) is 11.8. The standard InChI is InChI=1S/C31H35F2N7O3/c1-19-15-20(8-9-22(19)31(42)37-21-7-6-13-38(17-21)26(41)18-40(2,3)4)36-29-30-35-16-24(39(30)14-12-34-29)23-10-11-25(43-5)28(33)27(23)32/h8-12,14-16,21H,6-7,13,17-18H2,1-5H3,(H-,34,36,37,42)/p+1. The van der Waals surface area contributed by atoms with Crippen molar-refractivity contribution >= 4 is 29.0 Å². The third kappa shape index (κ3) is 6.43. The van der Waals surface area contributed by atoms with Gasteiger partial charge in [0.1, 0.15) is 0 Å². The Hall–Kier alpha value is -4.58. The zero-order chi connectivity index (χ0) is 30.9. The number of hydrogen-bond donors (Lipinski definition) is 2. The summed E-state index contributed by atoms with van der Waals surface area (Å²) in [5.74, 6) is -1.99. The highest BCUT2D eigenvalue weighted by molar-refractivity contribution is 5.96. The molecule has 1 unspecified atom stereocenters. The van der Waals surface area contributed by atoms with Crippen molar-refractivity contribution < 1.29 is 27.6 Å². The van der Waals surface area contributed by atoms with Crippen LogP contribution in [0, 0.1) is 18.6 Å². The summed E-state index contributed by atoms with van der Waals surface area (Å²) in [5, 5.41) is 6.32. The summed E-state index contributed by atoms with van der Waals surface area (Å²) >= 11 is 0. The Balaban J connectivity index is 1.30. The smallest absolute Gasteiger partial charge is 0.277 e. The molecule has 3 heterocycles. The van der Waals surface area contributed by atoms with Crippen molar-refractivity contribution in [1.29, 1.82) is 0 Å². The highest BCUT2D eigenvalue weighted by atomic mass is 19.2. The first-order chi connectivity index (χ1) is 20.4. The fourth-order valence-corrected chi connectivity index (χ4v) is 5.32. The molecule has 2 amide bonds. The molecule has 4 aromatic rings. The number of anilines is 2. The molecule has 43 heavy (non-hydrogen) atoms. The van der Waals surface area contributed by atoms with Gasteiger partial charge in [0.15, 0.2) is 29.6 Å². The Bertz CT molecular complexity index is 1680. The maximum Gasteiger partial charge on any atom is 0.277 e. The zero-order valence-corrected chi connectivity index (χ0v) is 24.9. The molecule has 0 spiro atoms. The number of amides is 2. The number of aryl methyl sites for hydroxylation is 1. The third-order valence-electron chi connectivity index (χ3n) is 7.42. The van der Waals surface area contributed by atoms with Crippen LogP contribution >= 0.6 is 0 Å². The van der Waals surface area contributed by atoms with Crippen LogP contribution in [0.4, 0.5) is 20.3 Å². The van der Waals surface area contributed by atoms with Crippen LogP contribution in [-0.2, 0) is 4.79 Å². The van der Waals surface area contributed by atoms with Crippen LogP contribution in [0.3, 0.4) is 0 Å². The van der Waals surface area contributed by atoms with Crippen LogP contribution in [0.2, 0.25) is 0 Å². The zero-order valence-electron chi connectivity index (χ0n) is 24.9. The Kier molecular flexibility index (Phi) is 8.32. The summed E-state index contributed by atoms with van der Waals surface area (Å²) < 4.78 is 36.2. The average molecular weight is 593 g/mol. The first kappa shape index (κ1) is 29.9. The normalized spacial score (nSPS) is 15.4. The molecule has 226 valence electrons. The van der Waals surface area contributed by atoms with E-state index in [9.17, 15) is 18.4 Å². The lowest BCUT2D eigenvalue weighted by Gasteiger charge is -2.35. The maximum absolute atomic E-state index is 14.8. The Morgan fingerprint density at radius 3 is 2.63 bits per heavy atom. The van der Waals surface area contributed by atoms with Gasteiger partial charge in [-0.05, 0) is 55.7 Å². The number of carbonyl (C=O) groups excluding carboxylic acids is 2. The summed E-state index contributed by atoms with van der Waals surface area (Å²) in [6.45, 7) is 3.46. The van der Waals surface area contributed by atoms with Crippen molar-refractivity contribution in [3.05, 3.63) is 71.7 Å². The van der Waals surface area contributed by atoms with E-state index in [0.29, 0.717) is 52.5 Å². The van der Waals surface area contributed by atoms with E-state index in [2.05, 4.69) is 20.6 Å². The molecule has 2 N–H and O–H groups in total. The monoisotopic (exact) mass is 592 g/mol. The van der Waals surface area contributed by atoms with Gasteiger partial charge in [0, 0.05) is 48.3 Å². The molecule has 0 bridgehead atoms. The van der Waals surface area contributed by atoms with Crippen LogP contribution in [0.1, 0.15) is 28.8 Å². The van der Waals surface area contributed by atoms with Crippen LogP contribution in [0.5, 0.6) is 5.75 Å². The van der Waals surface area contributed by atoms with Crippen molar-refractivity contribution in [1.82, 2.24) is 24.6 Å². The molecular weight excluding hydrogens is 556 g/mol. The van der Waals surface area contributed by atoms with Gasteiger partial charge in [-0.25, -0.2) is 14.4 Å². The number of piperidine rings is 1. The summed E-state index contributed by atoms with van der Waals surface area (Å²) in [7, 11) is 7.23. The van der Waals surface area contributed by atoms with Gasteiger partial charge in [0.2, 0.25) is 5.82 Å². The number of imidazole rings is 1. The second kappa shape index (κ2) is 12.0. The molecule has 1 aliphatic heterocycles. The number of aromatic nitrogens is 3. The van der Waals surface area contributed by atoms with E-state index in [0.717, 1.165) is 18.4 Å². The fraction of sp³-hybridized carbons (Fsp3) is 0.355. The predicted octanol–water partition coefficient (Wildman–Crippen LogP) is 4.16. The van der Waals surface area contributed by atoms with Crippen LogP contribution in [0.25, 0.3) is 16.9 Å². The number of nitrogens with zero attached hydrogens (tertiary/aromatic N) is 5. The number of nitrogens with one attached hydrogen (secondary N) is 2. The SMILES string of the molecule is COc1ccc(-c2cnc3c(Nc4ccc(C(=O)NC5CCCN(C(=O)C[N+](C)(C)C)C5)c(C)c4)nccn23)c(F)c1F. The van der Waals surface area contributed by atoms with E-state index in [1.807, 2.05) is 39.0 Å². The molecule has 0 radical (unpaired) electrons. The molecule has 5 rings (SSSR count). The van der Waals surface area contributed by atoms with Gasteiger partial charge >= 0.3 is 0 Å². The number of ether oxygens (including phenoxy) is 1. The molecule has 1 aliphatic rings. The van der Waals surface area contributed by atoms with Crippen molar-refractivity contribution in [2.24, 2.45) is 0 Å². The first-order valence-corrected chi connectivity index (χ1v) is 14.1. The van der Waals surface area contributed by atoms with Gasteiger partial charge in [0.05, 0.1) is 40.1 Å². The highest BCUT2D eigenvalue weighted by Gasteiger charge is 2.28. The van der Waals surface area contributed by atoms with Crippen molar-refractivity contribution in [2.45, 2.75) is 25.8 Å². The maximum atomic E-state index is 14.8. The Labute approximate surface area is 248 Å². The molecular formula is C31H36F2N7O3+. The Morgan fingerprint density at radius 2 is 1.91 bits per heavy atom. The minimum absolute atomic E-state index is 0.0352. The number of carbonyl (C=O) groups is 2. The lowest BCUT2D eigenvalue weighted by Crippen LogP contribution is -2.53. The van der Waals surface area contributed by atoms with Gasteiger partial charge in [-0.1, -0.05) is 0 Å². The van der Waals surface area contributed by atoms with E-state index in [1.54, 1.807) is 22.7 Å². The summed E-state index contributed by atoms with van der Waals surface area (Å²) in [6.07, 6.45) is 6.25. The lowest BCUT2D eigenvalue weighted by molar-refractivity contribution is -0.862. The molecule has 1 saturated heterocycles. The highest BCUT2D eigenvalue weighted by Crippen LogP contribution is 2.31. The summed E-state index contributed by atoms with van der Waals surface area (Å²) in [5.41, 5.74) is 2.76. The number of likely N-dealkylation sites (N-methyl/N-ethyl adjacent to an activating group) is 1. The van der Waals surface area contributed by atoms with Crippen LogP contribution in [0.15, 0.2) is 48.9 Å². The number of quaternary nitrogens is 1. The predicted molar refractivity (Wildman–Crippen MR) is 159 cm³/mol. The van der Waals surface area contributed by atoms with E-state index >= 15 is 0 Å². The number of hydrogen-bond acceptors (Lipinski definition) is 6. The molecule has 12 heteroatoms. The number of rotatable bonds is 8. The summed E-state index contributed by atoms with van der Waals surface area (Å²) in [4.78, 5) is 36.5. The quantitative estimate of drug-likeness (QED) is 0.298. The van der Waals surface area contributed by atoms with Crippen molar-refractivity contribution in [3.8, 4) is 17.0 Å². The van der Waals surface area contributed by atoms with Gasteiger partial charge in [0.25, 0.3) is 11.8 Å². The second-order valence-electron chi connectivity index (χ2n) is 11.8. The lowest BCUT2D eigenvalue weighted by atomic mass is 10.0. The van der Waals surface area contributed by atoms with E-state index in [1.165, 1.54) is 31.6 Å². The van der Waals surface area contributed by atoms with Gasteiger partial charge in [-0.2, -0.15) is 4.39 Å². The van der Waals surface area contributed by atoms with Crippen LogP contribution in [-0.4, -0.2) is 89.5 Å². The molecule has 0 saturated carbocycles. The van der Waals surface area contributed by atoms with Gasteiger partial charge in [-0.3, -0.25) is 14.0 Å². The van der Waals surface area contributed by atoms with Crippen molar-refractivity contribution in [3.63, 3.8) is 0 Å². The van der Waals surface area contributed by atoms with Gasteiger partial charge < -0.3 is 24.8 Å². The fourth-order valence-electron chi connectivity index (χ4n) is 5.32. The topological polar surface area (TPSA) is 101 Å². The van der Waals surface area contributed by atoms with Crippen LogP contribution < -0.4 is 15.4 Å². The summed E-state index contributed by atoms with van der Waals surface area (Å²) in [6, 6.07) is 8.03.